The van der Waals surface area contributed by atoms with Crippen molar-refractivity contribution in [2.45, 2.75) is 6.54 Å². The minimum atomic E-state index is -0.633. The Labute approximate surface area is 85.4 Å². The van der Waals surface area contributed by atoms with Crippen LogP contribution in [0.15, 0.2) is 56.7 Å². The molecule has 0 bridgehead atoms. The summed E-state index contributed by atoms with van der Waals surface area (Å²) in [5.41, 5.74) is 0.535. The Morgan fingerprint density at radius 3 is 2.47 bits per heavy atom. The quantitative estimate of drug-likeness (QED) is 0.727. The Morgan fingerprint density at radius 2 is 1.80 bits per heavy atom. The standard InChI is InChI=1S/C11H9NO3/c13-10-6-7-15-11(14)12(10)8-9-4-2-1-3-5-9/h1-7H,8H2. The van der Waals surface area contributed by atoms with Crippen molar-refractivity contribution in [2.24, 2.45) is 0 Å². The number of aromatic nitrogens is 1. The predicted molar refractivity (Wildman–Crippen MR) is 54.8 cm³/mol. The Hall–Kier alpha value is -2.10. The van der Waals surface area contributed by atoms with Crippen LogP contribution in [0.3, 0.4) is 0 Å². The van der Waals surface area contributed by atoms with Gasteiger partial charge in [0.25, 0.3) is 5.56 Å². The summed E-state index contributed by atoms with van der Waals surface area (Å²) in [5, 5.41) is 0. The smallest absolute Gasteiger partial charge is 0.418 e. The van der Waals surface area contributed by atoms with Gasteiger partial charge in [-0.25, -0.2) is 9.36 Å². The fourth-order valence-corrected chi connectivity index (χ4v) is 1.30. The van der Waals surface area contributed by atoms with E-state index in [0.29, 0.717) is 0 Å². The fraction of sp³-hybridized carbons (Fsp3) is 0.0909. The summed E-state index contributed by atoms with van der Waals surface area (Å²) in [5.74, 6) is -0.633. The molecule has 0 amide bonds. The van der Waals surface area contributed by atoms with Gasteiger partial charge in [-0.3, -0.25) is 4.79 Å². The van der Waals surface area contributed by atoms with Crippen LogP contribution in [0.2, 0.25) is 0 Å². The first-order valence-corrected chi connectivity index (χ1v) is 4.50. The number of nitrogens with zero attached hydrogens (tertiary/aromatic N) is 1. The summed E-state index contributed by atoms with van der Waals surface area (Å²) in [4.78, 5) is 22.6. The number of hydrogen-bond donors (Lipinski definition) is 0. The van der Waals surface area contributed by atoms with Crippen molar-refractivity contribution in [3.8, 4) is 0 Å². The SMILES string of the molecule is O=c1ccoc(=O)n1Cc1ccccc1. The molecule has 2 rings (SSSR count). The number of benzene rings is 1. The molecule has 0 radical (unpaired) electrons. The van der Waals surface area contributed by atoms with Crippen molar-refractivity contribution >= 4 is 0 Å². The van der Waals surface area contributed by atoms with Crippen LogP contribution in [-0.4, -0.2) is 4.57 Å². The van der Waals surface area contributed by atoms with Crippen molar-refractivity contribution in [3.05, 3.63) is 69.1 Å². The summed E-state index contributed by atoms with van der Waals surface area (Å²) in [6.45, 7) is 0.239. The second-order valence-corrected chi connectivity index (χ2v) is 3.10. The highest BCUT2D eigenvalue weighted by Gasteiger charge is 2.01. The molecule has 0 spiro atoms. The van der Waals surface area contributed by atoms with E-state index in [0.717, 1.165) is 16.4 Å². The molecule has 0 unspecified atom stereocenters. The van der Waals surface area contributed by atoms with Crippen molar-refractivity contribution in [2.75, 3.05) is 0 Å². The second kappa shape index (κ2) is 3.96. The van der Waals surface area contributed by atoms with Gasteiger partial charge in [0.05, 0.1) is 6.54 Å². The van der Waals surface area contributed by atoms with Crippen LogP contribution in [0, 0.1) is 0 Å². The number of hydrogen-bond acceptors (Lipinski definition) is 3. The fourth-order valence-electron chi connectivity index (χ4n) is 1.30. The molecule has 15 heavy (non-hydrogen) atoms. The molecule has 0 fully saturated rings. The monoisotopic (exact) mass is 203 g/mol. The first-order chi connectivity index (χ1) is 7.27. The maximum atomic E-state index is 11.3. The zero-order valence-corrected chi connectivity index (χ0v) is 7.92. The third-order valence-electron chi connectivity index (χ3n) is 2.05. The summed E-state index contributed by atoms with van der Waals surface area (Å²) >= 11 is 0. The average Bonchev–Trinajstić information content (AvgIpc) is 2.25. The van der Waals surface area contributed by atoms with Gasteiger partial charge in [-0.05, 0) is 5.56 Å². The van der Waals surface area contributed by atoms with Crippen molar-refractivity contribution < 1.29 is 4.42 Å². The normalized spacial score (nSPS) is 10.1. The Kier molecular flexibility index (Phi) is 2.49. The molecule has 0 saturated carbocycles. The highest BCUT2D eigenvalue weighted by molar-refractivity contribution is 5.14. The summed E-state index contributed by atoms with van der Waals surface area (Å²) in [6.07, 6.45) is 1.10. The second-order valence-electron chi connectivity index (χ2n) is 3.10. The molecule has 4 nitrogen and oxygen atoms in total. The number of rotatable bonds is 2. The van der Waals surface area contributed by atoms with Crippen LogP contribution in [0.5, 0.6) is 0 Å². The first kappa shape index (κ1) is 9.45. The zero-order chi connectivity index (χ0) is 10.7. The maximum Gasteiger partial charge on any atom is 0.421 e. The Morgan fingerprint density at radius 1 is 1.07 bits per heavy atom. The van der Waals surface area contributed by atoms with E-state index >= 15 is 0 Å². The van der Waals surface area contributed by atoms with Gasteiger partial charge >= 0.3 is 5.76 Å². The van der Waals surface area contributed by atoms with E-state index in [9.17, 15) is 9.59 Å². The molecular formula is C11H9NO3. The lowest BCUT2D eigenvalue weighted by Crippen LogP contribution is -2.31. The molecule has 0 saturated heterocycles. The summed E-state index contributed by atoms with van der Waals surface area (Å²) < 4.78 is 5.67. The highest BCUT2D eigenvalue weighted by atomic mass is 16.4. The lowest BCUT2D eigenvalue weighted by molar-refractivity contribution is 0.431. The molecule has 0 N–H and O–H groups in total. The molecule has 0 atom stereocenters. The molecule has 0 aliphatic carbocycles. The van der Waals surface area contributed by atoms with Gasteiger partial charge in [0.2, 0.25) is 0 Å². The summed E-state index contributed by atoms with van der Waals surface area (Å²) in [7, 11) is 0. The van der Waals surface area contributed by atoms with Crippen LogP contribution in [0.4, 0.5) is 0 Å². The minimum absolute atomic E-state index is 0.239. The van der Waals surface area contributed by atoms with Crippen LogP contribution in [0.1, 0.15) is 5.56 Å². The van der Waals surface area contributed by atoms with Crippen LogP contribution < -0.4 is 11.3 Å². The van der Waals surface area contributed by atoms with E-state index in [2.05, 4.69) is 4.42 Å². The Balaban J connectivity index is 2.41. The molecular weight excluding hydrogens is 194 g/mol. The third-order valence-corrected chi connectivity index (χ3v) is 2.05. The lowest BCUT2D eigenvalue weighted by Gasteiger charge is -2.01. The first-order valence-electron chi connectivity index (χ1n) is 4.50. The molecule has 1 aromatic carbocycles. The van der Waals surface area contributed by atoms with Gasteiger partial charge in [-0.1, -0.05) is 30.3 Å². The highest BCUT2D eigenvalue weighted by Crippen LogP contribution is 1.98. The van der Waals surface area contributed by atoms with E-state index in [1.165, 1.54) is 6.07 Å². The topological polar surface area (TPSA) is 52.2 Å². The van der Waals surface area contributed by atoms with Gasteiger partial charge < -0.3 is 4.42 Å². The van der Waals surface area contributed by atoms with E-state index in [4.69, 9.17) is 0 Å². The third kappa shape index (κ3) is 2.04. The van der Waals surface area contributed by atoms with E-state index in [-0.39, 0.29) is 12.1 Å². The van der Waals surface area contributed by atoms with Gasteiger partial charge in [0.1, 0.15) is 6.26 Å². The predicted octanol–water partition coefficient (Wildman–Crippen LogP) is 0.850. The molecule has 0 aliphatic rings. The lowest BCUT2D eigenvalue weighted by atomic mass is 10.2. The van der Waals surface area contributed by atoms with Crippen molar-refractivity contribution in [3.63, 3.8) is 0 Å². The molecule has 76 valence electrons. The molecule has 1 aromatic heterocycles. The summed E-state index contributed by atoms with van der Waals surface area (Å²) in [6, 6.07) is 10.5. The van der Waals surface area contributed by atoms with Crippen molar-refractivity contribution in [1.82, 2.24) is 4.57 Å². The molecule has 0 aliphatic heterocycles. The van der Waals surface area contributed by atoms with Gasteiger partial charge in [-0.15, -0.1) is 0 Å². The maximum absolute atomic E-state index is 11.3. The molecule has 2 aromatic rings. The molecule has 1 heterocycles. The van der Waals surface area contributed by atoms with Gasteiger partial charge in [-0.2, -0.15) is 0 Å². The minimum Gasteiger partial charge on any atom is -0.418 e. The van der Waals surface area contributed by atoms with E-state index in [1.807, 2.05) is 30.3 Å². The van der Waals surface area contributed by atoms with Gasteiger partial charge in [0, 0.05) is 6.07 Å². The Bertz CT molecular complexity index is 526. The van der Waals surface area contributed by atoms with Crippen LogP contribution in [-0.2, 0) is 6.54 Å². The van der Waals surface area contributed by atoms with Crippen LogP contribution >= 0.6 is 0 Å². The van der Waals surface area contributed by atoms with Crippen LogP contribution in [0.25, 0.3) is 0 Å². The molecule has 4 heteroatoms. The van der Waals surface area contributed by atoms with E-state index < -0.39 is 5.76 Å². The zero-order valence-electron chi connectivity index (χ0n) is 7.92. The van der Waals surface area contributed by atoms with E-state index in [1.54, 1.807) is 0 Å². The average molecular weight is 203 g/mol. The van der Waals surface area contributed by atoms with Crippen molar-refractivity contribution in [1.29, 1.82) is 0 Å². The largest absolute Gasteiger partial charge is 0.421 e. The van der Waals surface area contributed by atoms with Gasteiger partial charge in [0.15, 0.2) is 0 Å².